The molecule has 1 fully saturated rings. The minimum atomic E-state index is -0.173. The van der Waals surface area contributed by atoms with Crippen LogP contribution in [0, 0.1) is 18.8 Å². The smallest absolute Gasteiger partial charge is 0.251 e. The highest BCUT2D eigenvalue weighted by atomic mass is 16.2. The SMILES string of the molecule is Cc1ccc(C(=O)NC2(C)CCCCC2)cc1C#CCO. The van der Waals surface area contributed by atoms with Crippen molar-refractivity contribution in [3.63, 3.8) is 0 Å². The van der Waals surface area contributed by atoms with Gasteiger partial charge in [0.15, 0.2) is 0 Å². The summed E-state index contributed by atoms with van der Waals surface area (Å²) in [5.74, 6) is 5.49. The number of hydrogen-bond acceptors (Lipinski definition) is 2. The highest BCUT2D eigenvalue weighted by Crippen LogP contribution is 2.27. The lowest BCUT2D eigenvalue weighted by Gasteiger charge is -2.34. The van der Waals surface area contributed by atoms with Gasteiger partial charge in [-0.3, -0.25) is 4.79 Å². The van der Waals surface area contributed by atoms with Crippen LogP contribution in [-0.4, -0.2) is 23.2 Å². The van der Waals surface area contributed by atoms with Gasteiger partial charge in [0.1, 0.15) is 6.61 Å². The van der Waals surface area contributed by atoms with Crippen molar-refractivity contribution in [2.45, 2.75) is 51.5 Å². The summed E-state index contributed by atoms with van der Waals surface area (Å²) >= 11 is 0. The summed E-state index contributed by atoms with van der Waals surface area (Å²) in [5.41, 5.74) is 2.36. The highest BCUT2D eigenvalue weighted by Gasteiger charge is 2.28. The zero-order valence-electron chi connectivity index (χ0n) is 12.8. The van der Waals surface area contributed by atoms with Crippen molar-refractivity contribution < 1.29 is 9.90 Å². The molecule has 1 aromatic carbocycles. The molecule has 0 aromatic heterocycles. The quantitative estimate of drug-likeness (QED) is 0.821. The summed E-state index contributed by atoms with van der Waals surface area (Å²) in [6.45, 7) is 3.91. The Hall–Kier alpha value is -1.79. The Morgan fingerprint density at radius 3 is 2.71 bits per heavy atom. The third kappa shape index (κ3) is 4.09. The number of rotatable bonds is 2. The number of aliphatic hydroxyl groups is 1. The number of carbonyl (C=O) groups excluding carboxylic acids is 1. The van der Waals surface area contributed by atoms with Crippen LogP contribution in [0.5, 0.6) is 0 Å². The molecule has 0 heterocycles. The monoisotopic (exact) mass is 285 g/mol. The Kier molecular flexibility index (Phi) is 5.03. The topological polar surface area (TPSA) is 49.3 Å². The van der Waals surface area contributed by atoms with Crippen molar-refractivity contribution in [3.8, 4) is 11.8 Å². The van der Waals surface area contributed by atoms with Gasteiger partial charge < -0.3 is 10.4 Å². The molecule has 1 aromatic rings. The summed E-state index contributed by atoms with van der Waals surface area (Å²) < 4.78 is 0. The molecule has 1 aliphatic rings. The molecule has 2 rings (SSSR count). The maximum Gasteiger partial charge on any atom is 0.251 e. The van der Waals surface area contributed by atoms with Crippen LogP contribution < -0.4 is 5.32 Å². The lowest BCUT2D eigenvalue weighted by atomic mass is 9.83. The van der Waals surface area contributed by atoms with E-state index in [1.54, 1.807) is 6.07 Å². The molecular formula is C18H23NO2. The molecule has 0 atom stereocenters. The summed E-state index contributed by atoms with van der Waals surface area (Å²) in [4.78, 5) is 12.4. The molecule has 1 aliphatic carbocycles. The fourth-order valence-corrected chi connectivity index (χ4v) is 2.84. The van der Waals surface area contributed by atoms with Crippen LogP contribution in [0.3, 0.4) is 0 Å². The summed E-state index contributed by atoms with van der Waals surface area (Å²) in [6.07, 6.45) is 5.70. The second-order valence-electron chi connectivity index (χ2n) is 6.07. The van der Waals surface area contributed by atoms with Gasteiger partial charge in [0.2, 0.25) is 0 Å². The Morgan fingerprint density at radius 1 is 1.33 bits per heavy atom. The predicted octanol–water partition coefficient (Wildman–Crippen LogP) is 2.79. The average molecular weight is 285 g/mol. The third-order valence-corrected chi connectivity index (χ3v) is 4.17. The van der Waals surface area contributed by atoms with Gasteiger partial charge in [0.05, 0.1) is 0 Å². The molecule has 1 amide bonds. The standard InChI is InChI=1S/C18H23NO2/c1-14-8-9-16(13-15(14)7-6-12-20)17(21)19-18(2)10-4-3-5-11-18/h8-9,13,20H,3-5,10-12H2,1-2H3,(H,19,21). The van der Waals surface area contributed by atoms with E-state index in [1.165, 1.54) is 19.3 Å². The van der Waals surface area contributed by atoms with E-state index in [1.807, 2.05) is 19.1 Å². The van der Waals surface area contributed by atoms with Crippen LogP contribution >= 0.6 is 0 Å². The molecule has 2 N–H and O–H groups in total. The van der Waals surface area contributed by atoms with E-state index < -0.39 is 0 Å². The molecule has 3 nitrogen and oxygen atoms in total. The van der Waals surface area contributed by atoms with Gasteiger partial charge in [0, 0.05) is 16.7 Å². The molecule has 3 heteroatoms. The zero-order valence-corrected chi connectivity index (χ0v) is 12.8. The number of amides is 1. The maximum atomic E-state index is 12.4. The van der Waals surface area contributed by atoms with Crippen LogP contribution in [0.4, 0.5) is 0 Å². The molecule has 1 saturated carbocycles. The van der Waals surface area contributed by atoms with Gasteiger partial charge in [-0.2, -0.15) is 0 Å². The van der Waals surface area contributed by atoms with E-state index in [-0.39, 0.29) is 18.1 Å². The van der Waals surface area contributed by atoms with Crippen molar-refractivity contribution in [1.82, 2.24) is 5.32 Å². The second kappa shape index (κ2) is 6.78. The van der Waals surface area contributed by atoms with Gasteiger partial charge in [-0.05, 0) is 44.4 Å². The average Bonchev–Trinajstić information content (AvgIpc) is 2.46. The van der Waals surface area contributed by atoms with Gasteiger partial charge >= 0.3 is 0 Å². The van der Waals surface area contributed by atoms with E-state index >= 15 is 0 Å². The van der Waals surface area contributed by atoms with Crippen LogP contribution in [0.2, 0.25) is 0 Å². The molecule has 0 spiro atoms. The largest absolute Gasteiger partial charge is 0.384 e. The van der Waals surface area contributed by atoms with Gasteiger partial charge in [-0.1, -0.05) is 37.2 Å². The van der Waals surface area contributed by atoms with Gasteiger partial charge in [-0.25, -0.2) is 0 Å². The third-order valence-electron chi connectivity index (χ3n) is 4.17. The molecule has 0 radical (unpaired) electrons. The number of aryl methyl sites for hydroxylation is 1. The Morgan fingerprint density at radius 2 is 2.05 bits per heavy atom. The van der Waals surface area contributed by atoms with Crippen LogP contribution in [0.25, 0.3) is 0 Å². The van der Waals surface area contributed by atoms with Gasteiger partial charge in [0.25, 0.3) is 5.91 Å². The first-order valence-electron chi connectivity index (χ1n) is 7.57. The van der Waals surface area contributed by atoms with E-state index in [0.29, 0.717) is 5.56 Å². The molecule has 112 valence electrons. The Labute approximate surface area is 126 Å². The fourth-order valence-electron chi connectivity index (χ4n) is 2.84. The van der Waals surface area contributed by atoms with Crippen molar-refractivity contribution in [2.75, 3.05) is 6.61 Å². The lowest BCUT2D eigenvalue weighted by molar-refractivity contribution is 0.0882. The van der Waals surface area contributed by atoms with Crippen molar-refractivity contribution in [2.24, 2.45) is 0 Å². The lowest BCUT2D eigenvalue weighted by Crippen LogP contribution is -2.47. The van der Waals surface area contributed by atoms with Crippen molar-refractivity contribution >= 4 is 5.91 Å². The Balaban J connectivity index is 2.15. The molecule has 0 saturated heterocycles. The molecule has 0 unspecified atom stereocenters. The Bertz CT molecular complexity index is 575. The first-order valence-corrected chi connectivity index (χ1v) is 7.57. The minimum Gasteiger partial charge on any atom is -0.384 e. The summed E-state index contributed by atoms with van der Waals surface area (Å²) in [5, 5.41) is 12.0. The molecule has 21 heavy (non-hydrogen) atoms. The zero-order chi connectivity index (χ0) is 15.3. The summed E-state index contributed by atoms with van der Waals surface area (Å²) in [6, 6.07) is 5.54. The number of hydrogen-bond donors (Lipinski definition) is 2. The summed E-state index contributed by atoms with van der Waals surface area (Å²) in [7, 11) is 0. The van der Waals surface area contributed by atoms with Gasteiger partial charge in [-0.15, -0.1) is 0 Å². The molecular weight excluding hydrogens is 262 g/mol. The van der Waals surface area contributed by atoms with E-state index in [4.69, 9.17) is 5.11 Å². The number of nitrogens with one attached hydrogen (secondary N) is 1. The fraction of sp³-hybridized carbons (Fsp3) is 0.500. The second-order valence-corrected chi connectivity index (χ2v) is 6.07. The first kappa shape index (κ1) is 15.6. The van der Waals surface area contributed by atoms with Crippen LogP contribution in [0.1, 0.15) is 60.5 Å². The van der Waals surface area contributed by atoms with Crippen molar-refractivity contribution in [1.29, 1.82) is 0 Å². The van der Waals surface area contributed by atoms with E-state index in [9.17, 15) is 4.79 Å². The van der Waals surface area contributed by atoms with Crippen LogP contribution in [0.15, 0.2) is 18.2 Å². The minimum absolute atomic E-state index is 0.0357. The van der Waals surface area contributed by atoms with Crippen molar-refractivity contribution in [3.05, 3.63) is 34.9 Å². The highest BCUT2D eigenvalue weighted by molar-refractivity contribution is 5.95. The maximum absolute atomic E-state index is 12.4. The molecule has 0 aliphatic heterocycles. The van der Waals surface area contributed by atoms with Crippen LogP contribution in [-0.2, 0) is 0 Å². The van der Waals surface area contributed by atoms with E-state index in [2.05, 4.69) is 24.1 Å². The van der Waals surface area contributed by atoms with E-state index in [0.717, 1.165) is 24.0 Å². The number of benzene rings is 1. The number of aliphatic hydroxyl groups excluding tert-OH is 1. The normalized spacial score (nSPS) is 16.7. The molecule has 0 bridgehead atoms. The first-order chi connectivity index (χ1) is 10.0. The number of carbonyl (C=O) groups is 1. The predicted molar refractivity (Wildman–Crippen MR) is 84.1 cm³/mol.